The van der Waals surface area contributed by atoms with Gasteiger partial charge < -0.3 is 4.74 Å². The molecule has 0 atom stereocenters. The van der Waals surface area contributed by atoms with Gasteiger partial charge in [0, 0.05) is 18.0 Å². The monoisotopic (exact) mass is 132 g/mol. The van der Waals surface area contributed by atoms with Crippen LogP contribution in [0.5, 0.6) is 0 Å². The summed E-state index contributed by atoms with van der Waals surface area (Å²) in [5.74, 6) is 2.50. The van der Waals surface area contributed by atoms with E-state index in [2.05, 4.69) is 16.8 Å². The zero-order chi connectivity index (χ0) is 6.41. The van der Waals surface area contributed by atoms with Crippen molar-refractivity contribution in [3.8, 4) is 12.0 Å². The topological polar surface area (TPSA) is 26.3 Å². The lowest BCUT2D eigenvalue weighted by atomic mass is 10.5. The van der Waals surface area contributed by atoms with E-state index in [1.807, 2.05) is 6.92 Å². The second-order valence-corrected chi connectivity index (χ2v) is 1.28. The lowest BCUT2D eigenvalue weighted by Crippen LogP contribution is -1.81. The Balaban J connectivity index is 3.29. The first kappa shape index (κ1) is 7.32. The second-order valence-electron chi connectivity index (χ2n) is 0.972. The molecule has 0 saturated heterocycles. The molecule has 0 aliphatic carbocycles. The van der Waals surface area contributed by atoms with Crippen LogP contribution in [0.3, 0.4) is 0 Å². The summed E-state index contributed by atoms with van der Waals surface area (Å²) in [5, 5.41) is 0. The maximum Gasteiger partial charge on any atom is 0.417 e. The predicted molar refractivity (Wildman–Crippen MR) is 30.4 cm³/mol. The molecule has 0 bridgehead atoms. The lowest BCUT2D eigenvalue weighted by molar-refractivity contribution is 0.218. The van der Waals surface area contributed by atoms with Gasteiger partial charge in [-0.3, -0.25) is 0 Å². The normalized spacial score (nSPS) is 6.75. The van der Waals surface area contributed by atoms with Gasteiger partial charge in [-0.15, -0.1) is 0 Å². The minimum atomic E-state index is -0.883. The van der Waals surface area contributed by atoms with Gasteiger partial charge in [0.2, 0.25) is 0 Å². The molecule has 2 nitrogen and oxygen atoms in total. The fraction of sp³-hybridized carbons (Fsp3) is 0.400. The van der Waals surface area contributed by atoms with Gasteiger partial charge in [-0.2, -0.15) is 0 Å². The molecular weight excluding hydrogens is 128 g/mol. The van der Waals surface area contributed by atoms with Crippen molar-refractivity contribution >= 4 is 17.0 Å². The first-order valence-electron chi connectivity index (χ1n) is 2.11. The van der Waals surface area contributed by atoms with Crippen LogP contribution in [0, 0.1) is 12.0 Å². The molecule has 44 valence electrons. The smallest absolute Gasteiger partial charge is 0.360 e. The molecule has 0 radical (unpaired) electrons. The van der Waals surface area contributed by atoms with Crippen LogP contribution in [0.1, 0.15) is 13.3 Å². The van der Waals surface area contributed by atoms with Crippen LogP contribution in [-0.4, -0.2) is 5.43 Å². The molecular formula is C5H5ClO2. The third-order valence-corrected chi connectivity index (χ3v) is 0.457. The average molecular weight is 133 g/mol. The van der Waals surface area contributed by atoms with E-state index in [-0.39, 0.29) is 0 Å². The Morgan fingerprint density at radius 2 is 2.50 bits per heavy atom. The summed E-state index contributed by atoms with van der Waals surface area (Å²) in [5.41, 5.74) is -0.883. The zero-order valence-electron chi connectivity index (χ0n) is 4.40. The molecule has 0 rings (SSSR count). The molecule has 0 amide bonds. The lowest BCUT2D eigenvalue weighted by Gasteiger charge is -1.78. The van der Waals surface area contributed by atoms with Gasteiger partial charge in [0.25, 0.3) is 0 Å². The van der Waals surface area contributed by atoms with E-state index >= 15 is 0 Å². The van der Waals surface area contributed by atoms with E-state index in [1.54, 1.807) is 0 Å². The van der Waals surface area contributed by atoms with Crippen LogP contribution in [0.4, 0.5) is 4.79 Å². The molecule has 3 heteroatoms. The Morgan fingerprint density at radius 3 is 2.88 bits per heavy atom. The van der Waals surface area contributed by atoms with Gasteiger partial charge >= 0.3 is 5.43 Å². The fourth-order valence-corrected chi connectivity index (χ4v) is 0.187. The number of carbonyl (C=O) groups is 1. The highest BCUT2D eigenvalue weighted by atomic mass is 35.5. The van der Waals surface area contributed by atoms with Crippen molar-refractivity contribution in [3.63, 3.8) is 0 Å². The van der Waals surface area contributed by atoms with Crippen LogP contribution in [0.2, 0.25) is 0 Å². The standard InChI is InChI=1S/C5H5ClO2/c1-2-3-4-8-5(6)7/h2H2,1H3. The summed E-state index contributed by atoms with van der Waals surface area (Å²) in [7, 11) is 0. The Hall–Kier alpha value is -0.680. The molecule has 0 aliphatic heterocycles. The molecule has 0 fully saturated rings. The molecule has 0 unspecified atom stereocenters. The summed E-state index contributed by atoms with van der Waals surface area (Å²) < 4.78 is 4.05. The van der Waals surface area contributed by atoms with Crippen LogP contribution >= 0.6 is 11.6 Å². The number of ether oxygens (including phenoxy) is 1. The van der Waals surface area contributed by atoms with Crippen LogP contribution in [-0.2, 0) is 4.74 Å². The van der Waals surface area contributed by atoms with Crippen molar-refractivity contribution in [3.05, 3.63) is 0 Å². The number of rotatable bonds is 0. The van der Waals surface area contributed by atoms with Crippen molar-refractivity contribution in [1.29, 1.82) is 0 Å². The first-order chi connectivity index (χ1) is 3.77. The summed E-state index contributed by atoms with van der Waals surface area (Å²) >= 11 is 4.75. The number of carbonyl (C=O) groups excluding carboxylic acids is 1. The van der Waals surface area contributed by atoms with Crippen molar-refractivity contribution in [2.24, 2.45) is 0 Å². The van der Waals surface area contributed by atoms with E-state index in [1.165, 1.54) is 0 Å². The maximum absolute atomic E-state index is 9.76. The van der Waals surface area contributed by atoms with E-state index in [9.17, 15) is 4.79 Å². The van der Waals surface area contributed by atoms with Crippen molar-refractivity contribution in [1.82, 2.24) is 0 Å². The number of hydrogen-bond acceptors (Lipinski definition) is 2. The Labute approximate surface area is 52.8 Å². The minimum Gasteiger partial charge on any atom is -0.360 e. The van der Waals surface area contributed by atoms with Crippen molar-refractivity contribution in [2.45, 2.75) is 13.3 Å². The van der Waals surface area contributed by atoms with E-state index < -0.39 is 5.43 Å². The van der Waals surface area contributed by atoms with Gasteiger partial charge in [-0.1, -0.05) is 12.8 Å². The van der Waals surface area contributed by atoms with Crippen LogP contribution < -0.4 is 0 Å². The van der Waals surface area contributed by atoms with Gasteiger partial charge in [0.15, 0.2) is 0 Å². The number of halogens is 1. The van der Waals surface area contributed by atoms with Crippen molar-refractivity contribution < 1.29 is 9.53 Å². The summed E-state index contributed by atoms with van der Waals surface area (Å²) in [4.78, 5) is 9.76. The van der Waals surface area contributed by atoms with E-state index in [0.29, 0.717) is 6.42 Å². The highest BCUT2D eigenvalue weighted by molar-refractivity contribution is 6.61. The van der Waals surface area contributed by atoms with Gasteiger partial charge in [-0.05, 0) is 0 Å². The SMILES string of the molecule is CCC#COC(=O)Cl. The quantitative estimate of drug-likeness (QED) is 0.371. The highest BCUT2D eigenvalue weighted by Crippen LogP contribution is 1.82. The largest absolute Gasteiger partial charge is 0.417 e. The molecule has 0 aromatic rings. The maximum atomic E-state index is 9.76. The molecule has 0 spiro atoms. The van der Waals surface area contributed by atoms with Gasteiger partial charge in [0.05, 0.1) is 0 Å². The predicted octanol–water partition coefficient (Wildman–Crippen LogP) is 1.73. The Kier molecular flexibility index (Phi) is 4.10. The summed E-state index contributed by atoms with van der Waals surface area (Å²) in [6, 6.07) is 0. The molecule has 0 aliphatic rings. The minimum absolute atomic E-state index is 0.657. The fourth-order valence-electron chi connectivity index (χ4n) is 0.148. The molecule has 0 heterocycles. The van der Waals surface area contributed by atoms with Crippen LogP contribution in [0.25, 0.3) is 0 Å². The van der Waals surface area contributed by atoms with Crippen molar-refractivity contribution in [2.75, 3.05) is 0 Å². The third kappa shape index (κ3) is 5.32. The van der Waals surface area contributed by atoms with Gasteiger partial charge in [0.1, 0.15) is 6.11 Å². The highest BCUT2D eigenvalue weighted by Gasteiger charge is 1.86. The Bertz CT molecular complexity index is 131. The van der Waals surface area contributed by atoms with E-state index in [0.717, 1.165) is 0 Å². The third-order valence-electron chi connectivity index (χ3n) is 0.380. The summed E-state index contributed by atoms with van der Waals surface area (Å²) in [6.45, 7) is 1.84. The van der Waals surface area contributed by atoms with Gasteiger partial charge in [-0.25, -0.2) is 4.79 Å². The first-order valence-corrected chi connectivity index (χ1v) is 2.49. The molecule has 0 aromatic carbocycles. The van der Waals surface area contributed by atoms with E-state index in [4.69, 9.17) is 11.6 Å². The number of hydrogen-bond donors (Lipinski definition) is 0. The summed E-state index contributed by atoms with van der Waals surface area (Å²) in [6.07, 6.45) is 2.76. The molecule has 0 N–H and O–H groups in total. The molecule has 8 heavy (non-hydrogen) atoms. The zero-order valence-corrected chi connectivity index (χ0v) is 5.16. The molecule has 0 aromatic heterocycles. The second kappa shape index (κ2) is 4.48. The Morgan fingerprint density at radius 1 is 1.88 bits per heavy atom. The molecule has 0 saturated carbocycles. The van der Waals surface area contributed by atoms with Crippen LogP contribution in [0.15, 0.2) is 0 Å². The average Bonchev–Trinajstić information content (AvgIpc) is 1.66.